The van der Waals surface area contributed by atoms with E-state index in [0.29, 0.717) is 55.1 Å². The van der Waals surface area contributed by atoms with Crippen LogP contribution in [0.5, 0.6) is 5.75 Å². The topological polar surface area (TPSA) is 82.9 Å². The first-order chi connectivity index (χ1) is 17.4. The minimum atomic E-state index is -0.591. The van der Waals surface area contributed by atoms with Crippen LogP contribution in [-0.2, 0) is 6.42 Å². The Morgan fingerprint density at radius 2 is 1.94 bits per heavy atom. The number of hydrogen-bond acceptors (Lipinski definition) is 5. The predicted octanol–water partition coefficient (Wildman–Crippen LogP) is 4.03. The van der Waals surface area contributed by atoms with Gasteiger partial charge in [0.25, 0.3) is 11.5 Å². The molecule has 8 nitrogen and oxygen atoms in total. The second-order valence-electron chi connectivity index (χ2n) is 8.41. The Labute approximate surface area is 215 Å². The zero-order valence-corrected chi connectivity index (χ0v) is 20.8. The molecule has 1 fully saturated rings. The number of H-pyrrole nitrogens is 1. The van der Waals surface area contributed by atoms with Gasteiger partial charge in [-0.3, -0.25) is 14.0 Å². The summed E-state index contributed by atoms with van der Waals surface area (Å²) in [5.74, 6) is 0.412. The van der Waals surface area contributed by atoms with Crippen LogP contribution < -0.4 is 15.2 Å². The third-order valence-corrected chi connectivity index (χ3v) is 7.03. The number of benzene rings is 1. The number of aromatic nitrogens is 3. The van der Waals surface area contributed by atoms with Gasteiger partial charge in [0.15, 0.2) is 11.6 Å². The van der Waals surface area contributed by atoms with Gasteiger partial charge in [-0.05, 0) is 35.9 Å². The summed E-state index contributed by atoms with van der Waals surface area (Å²) in [4.78, 5) is 36.1. The molecule has 1 aliphatic heterocycles. The van der Waals surface area contributed by atoms with E-state index in [9.17, 15) is 14.0 Å². The maximum atomic E-state index is 14.8. The summed E-state index contributed by atoms with van der Waals surface area (Å²) in [6, 6.07) is 9.56. The molecule has 11 heteroatoms. The van der Waals surface area contributed by atoms with Gasteiger partial charge in [-0.25, -0.2) is 9.37 Å². The largest absolute Gasteiger partial charge is 0.493 e. The number of fused-ring (bicyclic) bond motifs is 1. The predicted molar refractivity (Wildman–Crippen MR) is 136 cm³/mol. The van der Waals surface area contributed by atoms with Gasteiger partial charge in [0.1, 0.15) is 16.5 Å². The smallest absolute Gasteiger partial charge is 0.272 e. The van der Waals surface area contributed by atoms with Crippen LogP contribution in [0.25, 0.3) is 5.52 Å². The number of pyridine rings is 1. The number of methoxy groups -OCH3 is 1. The first-order valence-corrected chi connectivity index (χ1v) is 12.0. The molecule has 0 atom stereocenters. The highest BCUT2D eigenvalue weighted by atomic mass is 35.5. The lowest BCUT2D eigenvalue weighted by molar-refractivity contribution is 0.0741. The average molecular weight is 530 g/mol. The molecule has 1 saturated heterocycles. The molecule has 1 N–H and O–H groups in total. The fraction of sp³-hybridized carbons (Fsp3) is 0.240. The van der Waals surface area contributed by atoms with Crippen molar-refractivity contribution in [2.45, 2.75) is 6.42 Å². The van der Waals surface area contributed by atoms with Crippen molar-refractivity contribution in [3.8, 4) is 5.75 Å². The highest BCUT2D eigenvalue weighted by Gasteiger charge is 2.26. The average Bonchev–Trinajstić information content (AvgIpc) is 3.21. The molecule has 3 aromatic heterocycles. The molecule has 0 unspecified atom stereocenters. The first-order valence-electron chi connectivity index (χ1n) is 11.3. The Morgan fingerprint density at radius 1 is 1.17 bits per heavy atom. The number of halogens is 3. The fourth-order valence-corrected chi connectivity index (χ4v) is 4.89. The van der Waals surface area contributed by atoms with Crippen molar-refractivity contribution in [2.75, 3.05) is 38.2 Å². The lowest BCUT2D eigenvalue weighted by Crippen LogP contribution is -2.49. The molecule has 0 aliphatic carbocycles. The minimum absolute atomic E-state index is 0.00586. The van der Waals surface area contributed by atoms with Crippen LogP contribution >= 0.6 is 23.2 Å². The Hall–Kier alpha value is -3.56. The maximum absolute atomic E-state index is 14.8. The molecule has 1 amide bonds. The van der Waals surface area contributed by atoms with E-state index in [1.165, 1.54) is 18.3 Å². The Morgan fingerprint density at radius 3 is 2.69 bits per heavy atom. The number of hydrogen-bond donors (Lipinski definition) is 1. The number of carbonyl (C=O) groups excluding carboxylic acids is 1. The Bertz CT molecular complexity index is 1510. The number of anilines is 1. The van der Waals surface area contributed by atoms with E-state index in [4.69, 9.17) is 27.9 Å². The summed E-state index contributed by atoms with van der Waals surface area (Å²) in [5.41, 5.74) is 1.30. The van der Waals surface area contributed by atoms with Gasteiger partial charge in [-0.1, -0.05) is 29.3 Å². The summed E-state index contributed by atoms with van der Waals surface area (Å²) in [6.45, 7) is 1.92. The SMILES string of the molecule is COc1cccnc1N1CCN(C(=O)c2cc(Cc3c[nH]c(=O)c4cc(Cl)c(Cl)n34)ccc2F)CC1. The molecule has 1 aromatic carbocycles. The number of ether oxygens (including phenoxy) is 1. The number of carbonyl (C=O) groups is 1. The van der Waals surface area contributed by atoms with Crippen LogP contribution in [-0.4, -0.2) is 58.5 Å². The van der Waals surface area contributed by atoms with Crippen LogP contribution in [0.1, 0.15) is 21.6 Å². The van der Waals surface area contributed by atoms with E-state index in [0.717, 1.165) is 5.82 Å². The second-order valence-corrected chi connectivity index (χ2v) is 9.18. The number of nitrogens with one attached hydrogen (secondary N) is 1. The molecule has 36 heavy (non-hydrogen) atoms. The highest BCUT2D eigenvalue weighted by molar-refractivity contribution is 6.42. The summed E-state index contributed by atoms with van der Waals surface area (Å²) in [6.07, 6.45) is 3.53. The van der Waals surface area contributed by atoms with Crippen molar-refractivity contribution in [1.82, 2.24) is 19.3 Å². The molecular weight excluding hydrogens is 508 g/mol. The molecule has 0 radical (unpaired) electrons. The minimum Gasteiger partial charge on any atom is -0.493 e. The molecule has 4 heterocycles. The molecule has 186 valence electrons. The maximum Gasteiger partial charge on any atom is 0.272 e. The van der Waals surface area contributed by atoms with E-state index >= 15 is 0 Å². The fourth-order valence-electron chi connectivity index (χ4n) is 4.45. The highest BCUT2D eigenvalue weighted by Crippen LogP contribution is 2.28. The van der Waals surface area contributed by atoms with E-state index < -0.39 is 5.82 Å². The van der Waals surface area contributed by atoms with Crippen molar-refractivity contribution in [1.29, 1.82) is 0 Å². The monoisotopic (exact) mass is 529 g/mol. The third-order valence-electron chi connectivity index (χ3n) is 6.27. The number of rotatable bonds is 5. The second kappa shape index (κ2) is 9.83. The van der Waals surface area contributed by atoms with E-state index in [1.54, 1.807) is 40.8 Å². The Kier molecular flexibility index (Phi) is 6.59. The Balaban J connectivity index is 1.35. The normalized spacial score (nSPS) is 13.9. The van der Waals surface area contributed by atoms with Crippen LogP contribution in [0.2, 0.25) is 10.2 Å². The number of nitrogens with zero attached hydrogens (tertiary/aromatic N) is 4. The van der Waals surface area contributed by atoms with Crippen molar-refractivity contribution in [2.24, 2.45) is 0 Å². The molecule has 0 bridgehead atoms. The zero-order chi connectivity index (χ0) is 25.4. The number of aromatic amines is 1. The number of piperazine rings is 1. The lowest BCUT2D eigenvalue weighted by atomic mass is 10.0. The van der Waals surface area contributed by atoms with Crippen LogP contribution in [0.4, 0.5) is 10.2 Å². The van der Waals surface area contributed by atoms with Crippen LogP contribution in [0, 0.1) is 5.82 Å². The van der Waals surface area contributed by atoms with Gasteiger partial charge >= 0.3 is 0 Å². The zero-order valence-electron chi connectivity index (χ0n) is 19.3. The van der Waals surface area contributed by atoms with Crippen molar-refractivity contribution in [3.63, 3.8) is 0 Å². The van der Waals surface area contributed by atoms with E-state index in [1.807, 2.05) is 11.0 Å². The van der Waals surface area contributed by atoms with Crippen molar-refractivity contribution >= 4 is 40.4 Å². The van der Waals surface area contributed by atoms with Gasteiger partial charge in [0.2, 0.25) is 0 Å². The number of amides is 1. The third kappa shape index (κ3) is 4.40. The van der Waals surface area contributed by atoms with Gasteiger partial charge in [0.05, 0.1) is 17.7 Å². The van der Waals surface area contributed by atoms with Gasteiger partial charge in [-0.2, -0.15) is 0 Å². The van der Waals surface area contributed by atoms with Crippen LogP contribution in [0.3, 0.4) is 0 Å². The standard InChI is InChI=1S/C25H22Cl2FN5O3/c1-36-21-3-2-6-29-23(21)31-7-9-32(10-8-31)25(35)17-12-15(4-5-19(17)28)11-16-14-30-24(34)20-13-18(26)22(27)33(16)20/h2-6,12-14H,7-11H2,1H3,(H,30,34). The lowest BCUT2D eigenvalue weighted by Gasteiger charge is -2.36. The summed E-state index contributed by atoms with van der Waals surface area (Å²) in [5, 5.41) is 0.473. The first kappa shape index (κ1) is 24.1. The van der Waals surface area contributed by atoms with E-state index in [2.05, 4.69) is 9.97 Å². The summed E-state index contributed by atoms with van der Waals surface area (Å²) in [7, 11) is 1.59. The van der Waals surface area contributed by atoms with Gasteiger partial charge in [-0.15, -0.1) is 0 Å². The van der Waals surface area contributed by atoms with Crippen molar-refractivity contribution < 1.29 is 13.9 Å². The van der Waals surface area contributed by atoms with Crippen molar-refractivity contribution in [3.05, 3.63) is 92.0 Å². The molecule has 4 aromatic rings. The summed E-state index contributed by atoms with van der Waals surface area (Å²) >= 11 is 12.4. The van der Waals surface area contributed by atoms with Gasteiger partial charge in [0, 0.05) is 50.7 Å². The molecule has 0 spiro atoms. The van der Waals surface area contributed by atoms with Gasteiger partial charge < -0.3 is 19.5 Å². The quantitative estimate of drug-likeness (QED) is 0.422. The molecule has 1 aliphatic rings. The molecule has 0 saturated carbocycles. The molecular formula is C25H22Cl2FN5O3. The van der Waals surface area contributed by atoms with E-state index in [-0.39, 0.29) is 27.2 Å². The summed E-state index contributed by atoms with van der Waals surface area (Å²) < 4.78 is 21.7. The van der Waals surface area contributed by atoms with Crippen LogP contribution in [0.15, 0.2) is 53.6 Å². The molecule has 5 rings (SSSR count).